The van der Waals surface area contributed by atoms with Crippen molar-refractivity contribution in [1.29, 1.82) is 15.8 Å². The van der Waals surface area contributed by atoms with Crippen molar-refractivity contribution in [3.8, 4) is 18.2 Å². The van der Waals surface area contributed by atoms with Gasteiger partial charge in [-0.2, -0.15) is 15.8 Å². The number of H-pyrrole nitrogens is 4. The maximum Gasteiger partial charge on any atom is 0.469 e. The first kappa shape index (κ1) is 70.3. The number of fused-ring (bicyclic) bond motifs is 2. The van der Waals surface area contributed by atoms with E-state index in [-0.39, 0.29) is 46.4 Å². The molecule has 6 saturated heterocycles. The van der Waals surface area contributed by atoms with Gasteiger partial charge in [-0.05, 0) is 56.5 Å². The lowest BCUT2D eigenvalue weighted by molar-refractivity contribution is -0.197. The second-order valence-electron chi connectivity index (χ2n) is 20.9. The number of nitrogens with zero attached hydrogens (tertiary/aromatic N) is 7. The normalized spacial score (nSPS) is 30.3. The first-order valence-electron chi connectivity index (χ1n) is 26.9. The summed E-state index contributed by atoms with van der Waals surface area (Å²) in [7, 11) is -4.83. The van der Waals surface area contributed by atoms with E-state index in [1.807, 2.05) is 43.7 Å². The molecule has 88 heavy (non-hydrogen) atoms. The van der Waals surface area contributed by atoms with Crippen molar-refractivity contribution in [3.05, 3.63) is 129 Å². The van der Waals surface area contributed by atoms with Crippen LogP contribution in [0.5, 0.6) is 0 Å². The highest BCUT2D eigenvalue weighted by Gasteiger charge is 2.57. The van der Waals surface area contributed by atoms with Crippen molar-refractivity contribution >= 4 is 23.8 Å². The zero-order valence-corrected chi connectivity index (χ0v) is 50.5. The predicted molar refractivity (Wildman–Crippen MR) is 296 cm³/mol. The Kier molecular flexibility index (Phi) is 23.0. The minimum absolute atomic E-state index is 0.0671. The van der Waals surface area contributed by atoms with Gasteiger partial charge in [0.05, 0.1) is 29.9 Å². The Morgan fingerprint density at radius 1 is 0.557 bits per heavy atom. The molecule has 10 heterocycles. The molecule has 16 atom stereocenters. The van der Waals surface area contributed by atoms with E-state index >= 15 is 0 Å². The van der Waals surface area contributed by atoms with E-state index in [1.165, 1.54) is 17.2 Å². The van der Waals surface area contributed by atoms with Crippen LogP contribution in [-0.4, -0.2) is 172 Å². The van der Waals surface area contributed by atoms with Gasteiger partial charge in [0, 0.05) is 24.4 Å². The highest BCUT2D eigenvalue weighted by molar-refractivity contribution is 9.10. The van der Waals surface area contributed by atoms with Crippen molar-refractivity contribution in [2.24, 2.45) is 0 Å². The van der Waals surface area contributed by atoms with E-state index in [0.29, 0.717) is 11.0 Å². The standard InChI is InChI=1S/C14H17N3O5.C13H17BrN2O5.C10H12N3O9P.C10H11N3O6.C3H8/c1-4-8-10-11(22-14(2,3)21-10)12(20-8)17-7(6-15)5-9(18)16-13(17)19;1-4-7-8-9(21-13(2,3)20-8)11(19-7)16-5-6(14)10(17)15-12(16)18;11-2-4-1-6(14)12-10(17)13(4)9-8(16)7(15)5(22-9)3-21-23(18,19)20;11-2-4-1-6(15)12-10(18)13(4)9-8(17)7(16)5(3-14)19-9;1-3-2/h5,8,10-12H,4H2,1-3H3,(H,16,18,19);5,7-9,11H,4H2,1-3H3,(H,15,17,18);1,5,7-9,15-16H,3H2,(H,12,14,17)(H2,18,19,20);1,5,7-9,14,16-17H,3H2,(H,12,15,18);3H2,1-2H3/t8-,10+,11?,12-;7-,8+,9?,11-;2*5-,7+,8?,9-;/m1111./s1. The number of aliphatic hydroxyl groups excluding tert-OH is 5. The molecule has 482 valence electrons. The number of nitrogens with one attached hydrogen (secondary N) is 4. The van der Waals surface area contributed by atoms with E-state index in [9.17, 15) is 68.6 Å². The maximum absolute atomic E-state index is 12.1. The van der Waals surface area contributed by atoms with Crippen molar-refractivity contribution in [2.45, 2.75) is 184 Å². The van der Waals surface area contributed by atoms with Gasteiger partial charge in [0.25, 0.3) is 22.2 Å². The lowest BCUT2D eigenvalue weighted by Gasteiger charge is -2.24. The van der Waals surface area contributed by atoms with Crippen molar-refractivity contribution in [2.75, 3.05) is 13.2 Å². The molecule has 0 spiro atoms. The summed E-state index contributed by atoms with van der Waals surface area (Å²) in [4.78, 5) is 118. The third-order valence-electron chi connectivity index (χ3n) is 13.6. The molecule has 6 aliphatic rings. The monoisotopic (exact) mass is 1330 g/mol. The summed E-state index contributed by atoms with van der Waals surface area (Å²) in [5.41, 5.74) is -6.72. The summed E-state index contributed by atoms with van der Waals surface area (Å²) >= 11 is 3.12. The van der Waals surface area contributed by atoms with Gasteiger partial charge in [0.2, 0.25) is 0 Å². The summed E-state index contributed by atoms with van der Waals surface area (Å²) in [5.74, 6) is -1.50. The van der Waals surface area contributed by atoms with Gasteiger partial charge >= 0.3 is 30.6 Å². The second kappa shape index (κ2) is 28.8. The molecule has 0 radical (unpaired) electrons. The number of ether oxygens (including phenoxy) is 8. The molecule has 10 rings (SSSR count). The SMILES string of the molecule is CCC.CC[C@H]1O[C@@H](n2c(C#N)cc(=O)[nH]c2=O)C2OC(C)(C)O[C@H]21.CC[C@H]1O[C@@H](n2cc(Br)c(=O)[nH]c2=O)C2OC(C)(C)O[C@H]21.N#Cc1cc(=O)[nH]c(=O)n1[C@@H]1O[C@H](CO)[C@H](O)C1O.N#Cc1cc(=O)[nH]c(=O)n1[C@@H]1O[C@H](COP(=O)(O)O)[C@H](O)C1O. The van der Waals surface area contributed by atoms with Crippen LogP contribution in [0.3, 0.4) is 0 Å². The van der Waals surface area contributed by atoms with Crippen LogP contribution in [-0.2, 0) is 47.0 Å². The van der Waals surface area contributed by atoms with E-state index in [4.69, 9.17) is 63.3 Å². The lowest BCUT2D eigenvalue weighted by atomic mass is 10.1. The number of halogens is 1. The van der Waals surface area contributed by atoms with E-state index < -0.39 is 151 Å². The number of phosphoric acid groups is 1. The van der Waals surface area contributed by atoms with Crippen LogP contribution in [0.4, 0.5) is 0 Å². The average Bonchev–Trinajstić information content (AvgIpc) is 1.84. The van der Waals surface area contributed by atoms with Gasteiger partial charge in [-0.3, -0.25) is 61.9 Å². The number of hydrogen-bond acceptors (Lipinski definition) is 26. The molecule has 6 fully saturated rings. The Balaban J connectivity index is 0.000000185. The fourth-order valence-corrected chi connectivity index (χ4v) is 10.6. The largest absolute Gasteiger partial charge is 0.469 e. The highest BCUT2D eigenvalue weighted by atomic mass is 79.9. The topological polar surface area (TPSA) is 533 Å². The number of hydrogen-bond donors (Lipinski definition) is 11. The summed E-state index contributed by atoms with van der Waals surface area (Å²) in [5, 5.41) is 75.1. The third-order valence-corrected chi connectivity index (χ3v) is 14.6. The van der Waals surface area contributed by atoms with Crippen LogP contribution in [0.25, 0.3) is 0 Å². The molecule has 0 aliphatic carbocycles. The molecule has 38 heteroatoms. The Bertz CT molecular complexity index is 3830. The molecular formula is C50H65BrN11O25P. The number of rotatable bonds is 10. The van der Waals surface area contributed by atoms with Crippen molar-refractivity contribution in [3.63, 3.8) is 0 Å². The van der Waals surface area contributed by atoms with E-state index in [0.717, 1.165) is 33.8 Å². The smallest absolute Gasteiger partial charge is 0.394 e. The lowest BCUT2D eigenvalue weighted by Crippen LogP contribution is -2.39. The molecule has 4 unspecified atom stereocenters. The molecule has 0 bridgehead atoms. The fourth-order valence-electron chi connectivity index (χ4n) is 9.93. The van der Waals surface area contributed by atoms with Gasteiger partial charge in [-0.25, -0.2) is 23.7 Å². The minimum atomic E-state index is -4.83. The molecule has 0 aromatic carbocycles. The van der Waals surface area contributed by atoms with Crippen LogP contribution >= 0.6 is 23.8 Å². The Morgan fingerprint density at radius 3 is 1.28 bits per heavy atom. The quantitative estimate of drug-likeness (QED) is 0.0702. The van der Waals surface area contributed by atoms with Crippen molar-refractivity contribution < 1.29 is 82.3 Å². The number of aromatic amines is 4. The van der Waals surface area contributed by atoms with E-state index in [2.05, 4.69) is 44.3 Å². The maximum atomic E-state index is 12.1. The van der Waals surface area contributed by atoms with Crippen LogP contribution in [0, 0.1) is 34.0 Å². The zero-order valence-electron chi connectivity index (χ0n) is 48.0. The number of aliphatic hydroxyl groups is 5. The Hall–Kier alpha value is -6.74. The third kappa shape index (κ3) is 15.8. The molecular weight excluding hydrogens is 1270 g/mol. The molecule has 11 N–H and O–H groups in total. The summed E-state index contributed by atoms with van der Waals surface area (Å²) in [6, 6.07) is 7.79. The summed E-state index contributed by atoms with van der Waals surface area (Å²) in [6.07, 6.45) is -10.8. The van der Waals surface area contributed by atoms with Crippen LogP contribution in [0.15, 0.2) is 67.2 Å². The Morgan fingerprint density at radius 2 is 0.909 bits per heavy atom. The average molecular weight is 1330 g/mol. The summed E-state index contributed by atoms with van der Waals surface area (Å²) < 4.78 is 64.4. The number of phosphoric ester groups is 1. The van der Waals surface area contributed by atoms with Crippen molar-refractivity contribution in [1.82, 2.24) is 38.2 Å². The second-order valence-corrected chi connectivity index (χ2v) is 23.0. The summed E-state index contributed by atoms with van der Waals surface area (Å²) in [6.45, 7) is 14.1. The van der Waals surface area contributed by atoms with Gasteiger partial charge < -0.3 is 73.2 Å². The van der Waals surface area contributed by atoms with E-state index in [1.54, 1.807) is 26.0 Å². The number of aromatic nitrogens is 8. The first-order chi connectivity index (χ1) is 41.2. The van der Waals surface area contributed by atoms with Gasteiger partial charge in [0.15, 0.2) is 36.5 Å². The van der Waals surface area contributed by atoms with Crippen LogP contribution < -0.4 is 45.0 Å². The highest BCUT2D eigenvalue weighted by Crippen LogP contribution is 2.45. The van der Waals surface area contributed by atoms with Gasteiger partial charge in [-0.15, -0.1) is 0 Å². The molecule has 0 amide bonds. The molecule has 36 nitrogen and oxygen atoms in total. The first-order valence-corrected chi connectivity index (χ1v) is 29.2. The fraction of sp³-hybridized carbons (Fsp3) is 0.620. The predicted octanol–water partition coefficient (Wildman–Crippen LogP) is -3.06. The van der Waals surface area contributed by atoms with Gasteiger partial charge in [0.1, 0.15) is 96.3 Å². The molecule has 4 aromatic heterocycles. The molecule has 6 aliphatic heterocycles. The van der Waals surface area contributed by atoms with Gasteiger partial charge in [-0.1, -0.05) is 34.1 Å². The van der Waals surface area contributed by atoms with Crippen LogP contribution in [0.1, 0.15) is 117 Å². The van der Waals surface area contributed by atoms with Crippen LogP contribution in [0.2, 0.25) is 0 Å². The molecule has 4 aromatic rings. The molecule has 0 saturated carbocycles. The minimum Gasteiger partial charge on any atom is -0.394 e. The number of nitriles is 3. The Labute approximate surface area is 503 Å². The zero-order chi connectivity index (χ0) is 65.7.